The zero-order valence-electron chi connectivity index (χ0n) is 19.7. The number of benzene rings is 2. The van der Waals surface area contributed by atoms with Crippen LogP contribution in [0.15, 0.2) is 54.7 Å². The second kappa shape index (κ2) is 10.1. The number of anilines is 1. The lowest BCUT2D eigenvalue weighted by molar-refractivity contribution is -0.382. The van der Waals surface area contributed by atoms with Crippen molar-refractivity contribution in [2.24, 2.45) is 0 Å². The Morgan fingerprint density at radius 3 is 2.45 bits per heavy atom. The van der Waals surface area contributed by atoms with Gasteiger partial charge < -0.3 is 10.6 Å². The average Bonchev–Trinajstić information content (AvgIpc) is 3.29. The summed E-state index contributed by atoms with van der Waals surface area (Å²) in [6.07, 6.45) is -3.70. The number of hydrogen-bond acceptors (Lipinski definition) is 6. The second-order valence-corrected chi connectivity index (χ2v) is 8.75. The summed E-state index contributed by atoms with van der Waals surface area (Å²) in [7, 11) is 0. The predicted molar refractivity (Wildman–Crippen MR) is 133 cm³/mol. The summed E-state index contributed by atoms with van der Waals surface area (Å²) in [5.41, 5.74) is -3.45. The highest BCUT2D eigenvalue weighted by Gasteiger charge is 2.37. The van der Waals surface area contributed by atoms with E-state index in [9.17, 15) is 32.9 Å². The van der Waals surface area contributed by atoms with Gasteiger partial charge in [-0.15, -0.1) is 0 Å². The van der Waals surface area contributed by atoms with Crippen molar-refractivity contribution in [3.8, 4) is 5.82 Å². The summed E-state index contributed by atoms with van der Waals surface area (Å²) < 4.78 is 41.1. The van der Waals surface area contributed by atoms with Crippen LogP contribution in [0.25, 0.3) is 16.6 Å². The van der Waals surface area contributed by atoms with E-state index in [1.165, 1.54) is 36.5 Å². The number of nitrogens with one attached hydrogen (secondary N) is 2. The highest BCUT2D eigenvalue weighted by atomic mass is 35.5. The first kappa shape index (κ1) is 26.5. The Bertz CT molecular complexity index is 1590. The van der Waals surface area contributed by atoms with Gasteiger partial charge >= 0.3 is 11.9 Å². The summed E-state index contributed by atoms with van der Waals surface area (Å²) in [4.78, 5) is 41.7. The molecule has 2 aromatic carbocycles. The third-order valence-electron chi connectivity index (χ3n) is 5.28. The van der Waals surface area contributed by atoms with Crippen LogP contribution in [0.1, 0.15) is 40.4 Å². The molecule has 0 spiro atoms. The van der Waals surface area contributed by atoms with Crippen molar-refractivity contribution < 1.29 is 27.7 Å². The third kappa shape index (κ3) is 5.13. The molecule has 14 heteroatoms. The van der Waals surface area contributed by atoms with Crippen LogP contribution in [0.2, 0.25) is 5.02 Å². The van der Waals surface area contributed by atoms with Gasteiger partial charge in [0.15, 0.2) is 11.5 Å². The van der Waals surface area contributed by atoms with E-state index in [4.69, 9.17) is 11.6 Å². The quantitative estimate of drug-likeness (QED) is 0.246. The van der Waals surface area contributed by atoms with Gasteiger partial charge in [0, 0.05) is 18.3 Å². The minimum atomic E-state index is -4.93. The monoisotopic (exact) mass is 546 g/mol. The summed E-state index contributed by atoms with van der Waals surface area (Å²) >= 11 is 6.09. The molecular weight excluding hydrogens is 529 g/mol. The van der Waals surface area contributed by atoms with Gasteiger partial charge in [-0.05, 0) is 43.5 Å². The molecule has 0 saturated carbocycles. The molecule has 2 N–H and O–H groups in total. The molecule has 0 bridgehead atoms. The summed E-state index contributed by atoms with van der Waals surface area (Å²) in [5.74, 6) is -2.23. The second-order valence-electron chi connectivity index (χ2n) is 8.34. The van der Waals surface area contributed by atoms with Gasteiger partial charge in [0.25, 0.3) is 11.8 Å². The molecule has 0 aliphatic heterocycles. The number of aromatic nitrogens is 3. The van der Waals surface area contributed by atoms with Gasteiger partial charge in [-0.3, -0.25) is 19.7 Å². The van der Waals surface area contributed by atoms with E-state index in [0.29, 0.717) is 16.1 Å². The SMILES string of the molecule is CC(C)NC(=O)c1cc2ccccc2c([N+](=O)[O-])c1NC(=O)c1cc(C(F)(F)F)nn1-c1ncccc1Cl. The maximum atomic E-state index is 13.5. The van der Waals surface area contributed by atoms with Gasteiger partial charge in [-0.2, -0.15) is 18.3 Å². The molecule has 0 saturated heterocycles. The normalized spacial score (nSPS) is 11.6. The lowest BCUT2D eigenvalue weighted by Crippen LogP contribution is -2.31. The molecule has 0 aliphatic rings. The molecule has 196 valence electrons. The number of rotatable bonds is 6. The molecule has 0 fully saturated rings. The van der Waals surface area contributed by atoms with Crippen molar-refractivity contribution in [2.45, 2.75) is 26.1 Å². The minimum absolute atomic E-state index is 0.103. The highest BCUT2D eigenvalue weighted by Crippen LogP contribution is 2.38. The smallest absolute Gasteiger partial charge is 0.350 e. The average molecular weight is 547 g/mol. The topological polar surface area (TPSA) is 132 Å². The fourth-order valence-electron chi connectivity index (χ4n) is 3.72. The number of pyridine rings is 1. The molecule has 38 heavy (non-hydrogen) atoms. The van der Waals surface area contributed by atoms with Crippen molar-refractivity contribution in [2.75, 3.05) is 5.32 Å². The van der Waals surface area contributed by atoms with E-state index in [-0.39, 0.29) is 27.8 Å². The van der Waals surface area contributed by atoms with Crippen LogP contribution >= 0.6 is 11.6 Å². The lowest BCUT2D eigenvalue weighted by atomic mass is 10.0. The standard InChI is InChI=1S/C24H18ClF3N6O4/c1-12(2)30-22(35)15-10-13-6-3-4-7-14(13)20(34(37)38)19(15)31-23(36)17-11-18(24(26,27)28)32-33(17)21-16(25)8-5-9-29-21/h3-12H,1-2H3,(H,30,35)(H,31,36). The van der Waals surface area contributed by atoms with Crippen molar-refractivity contribution in [1.29, 1.82) is 0 Å². The van der Waals surface area contributed by atoms with E-state index in [1.807, 2.05) is 0 Å². The number of nitrogens with zero attached hydrogens (tertiary/aromatic N) is 4. The lowest BCUT2D eigenvalue weighted by Gasteiger charge is -2.15. The van der Waals surface area contributed by atoms with Crippen LogP contribution in [0.4, 0.5) is 24.5 Å². The van der Waals surface area contributed by atoms with E-state index in [2.05, 4.69) is 20.7 Å². The van der Waals surface area contributed by atoms with Gasteiger partial charge in [0.2, 0.25) is 0 Å². The number of nitro benzene ring substituents is 1. The molecule has 0 aliphatic carbocycles. The van der Waals surface area contributed by atoms with Crippen molar-refractivity contribution in [1.82, 2.24) is 20.1 Å². The van der Waals surface area contributed by atoms with Crippen molar-refractivity contribution >= 4 is 45.6 Å². The molecule has 0 unspecified atom stereocenters. The Hall–Kier alpha value is -4.52. The number of carbonyl (C=O) groups is 2. The Kier molecular flexibility index (Phi) is 7.05. The Balaban J connectivity index is 1.93. The molecular formula is C24H18ClF3N6O4. The van der Waals surface area contributed by atoms with E-state index in [1.54, 1.807) is 26.0 Å². The molecule has 10 nitrogen and oxygen atoms in total. The predicted octanol–water partition coefficient (Wildman–Crippen LogP) is 5.39. The van der Waals surface area contributed by atoms with E-state index in [0.717, 1.165) is 0 Å². The number of nitro groups is 1. The zero-order valence-corrected chi connectivity index (χ0v) is 20.5. The van der Waals surface area contributed by atoms with Crippen LogP contribution < -0.4 is 10.6 Å². The van der Waals surface area contributed by atoms with Crippen LogP contribution in [0, 0.1) is 10.1 Å². The number of hydrogen-bond donors (Lipinski definition) is 2. The van der Waals surface area contributed by atoms with E-state index < -0.39 is 45.7 Å². The molecule has 4 aromatic rings. The number of carbonyl (C=O) groups excluding carboxylic acids is 2. The van der Waals surface area contributed by atoms with Gasteiger partial charge in [-0.1, -0.05) is 29.8 Å². The highest BCUT2D eigenvalue weighted by molar-refractivity contribution is 6.32. The largest absolute Gasteiger partial charge is 0.435 e. The van der Waals surface area contributed by atoms with Gasteiger partial charge in [0.1, 0.15) is 11.4 Å². The Morgan fingerprint density at radius 1 is 1.11 bits per heavy atom. The molecule has 0 atom stereocenters. The fourth-order valence-corrected chi connectivity index (χ4v) is 3.92. The Morgan fingerprint density at radius 2 is 1.82 bits per heavy atom. The molecule has 2 aromatic heterocycles. The minimum Gasteiger partial charge on any atom is -0.350 e. The Labute approximate surface area is 217 Å². The summed E-state index contributed by atoms with van der Waals surface area (Å²) in [5, 5.41) is 20.8. The van der Waals surface area contributed by atoms with Crippen LogP contribution in [-0.2, 0) is 6.18 Å². The molecule has 2 heterocycles. The zero-order chi connectivity index (χ0) is 27.8. The van der Waals surface area contributed by atoms with Crippen molar-refractivity contribution in [3.05, 3.63) is 86.8 Å². The first-order valence-corrected chi connectivity index (χ1v) is 11.4. The van der Waals surface area contributed by atoms with Crippen LogP contribution in [-0.4, -0.2) is 37.5 Å². The number of halogens is 4. The maximum Gasteiger partial charge on any atom is 0.435 e. The van der Waals surface area contributed by atoms with Crippen LogP contribution in [0.3, 0.4) is 0 Å². The number of amides is 2. The molecule has 0 radical (unpaired) electrons. The van der Waals surface area contributed by atoms with E-state index >= 15 is 0 Å². The summed E-state index contributed by atoms with van der Waals surface area (Å²) in [6, 6.07) is 10.3. The molecule has 4 rings (SSSR count). The molecule has 2 amide bonds. The summed E-state index contributed by atoms with van der Waals surface area (Å²) in [6.45, 7) is 3.33. The van der Waals surface area contributed by atoms with Gasteiger partial charge in [0.05, 0.1) is 20.9 Å². The number of fused-ring (bicyclic) bond motifs is 1. The fraction of sp³-hybridized carbons (Fsp3) is 0.167. The van der Waals surface area contributed by atoms with Gasteiger partial charge in [-0.25, -0.2) is 9.67 Å². The maximum absolute atomic E-state index is 13.5. The first-order chi connectivity index (χ1) is 17.9. The van der Waals surface area contributed by atoms with Crippen LogP contribution in [0.5, 0.6) is 0 Å². The third-order valence-corrected chi connectivity index (χ3v) is 5.57. The van der Waals surface area contributed by atoms with Crippen molar-refractivity contribution in [3.63, 3.8) is 0 Å². The number of alkyl halides is 3. The first-order valence-electron chi connectivity index (χ1n) is 11.0.